The predicted octanol–water partition coefficient (Wildman–Crippen LogP) is 3.79. The molecule has 2 heterocycles. The van der Waals surface area contributed by atoms with E-state index in [-0.39, 0.29) is 5.82 Å². The van der Waals surface area contributed by atoms with Crippen LogP contribution in [-0.2, 0) is 11.3 Å². The topological polar surface area (TPSA) is 38.5 Å². The molecule has 1 fully saturated rings. The number of aromatic nitrogens is 1. The number of likely N-dealkylation sites (tertiary alicyclic amines) is 1. The van der Waals surface area contributed by atoms with Crippen LogP contribution in [0.4, 0.5) is 4.39 Å². The highest BCUT2D eigenvalue weighted by molar-refractivity contribution is 5.53. The van der Waals surface area contributed by atoms with Crippen molar-refractivity contribution in [3.05, 3.63) is 41.5 Å². The quantitative estimate of drug-likeness (QED) is 0.841. The average Bonchev–Trinajstić information content (AvgIpc) is 2.91. The van der Waals surface area contributed by atoms with Crippen molar-refractivity contribution in [2.75, 3.05) is 20.3 Å². The van der Waals surface area contributed by atoms with Gasteiger partial charge < -0.3 is 9.15 Å². The van der Waals surface area contributed by atoms with Gasteiger partial charge >= 0.3 is 0 Å². The van der Waals surface area contributed by atoms with Crippen LogP contribution >= 0.6 is 0 Å². The maximum absolute atomic E-state index is 13.4. The molecule has 0 aliphatic carbocycles. The lowest BCUT2D eigenvalue weighted by molar-refractivity contribution is 0.0590. The molecule has 3 rings (SSSR count). The summed E-state index contributed by atoms with van der Waals surface area (Å²) in [5.74, 6) is 0.999. The van der Waals surface area contributed by atoms with E-state index >= 15 is 0 Å². The first kappa shape index (κ1) is 16.1. The molecule has 0 unspecified atom stereocenters. The molecule has 23 heavy (non-hydrogen) atoms. The highest BCUT2D eigenvalue weighted by Gasteiger charge is 2.24. The number of nitrogens with zero attached hydrogens (tertiary/aromatic N) is 2. The highest BCUT2D eigenvalue weighted by Crippen LogP contribution is 2.25. The summed E-state index contributed by atoms with van der Waals surface area (Å²) in [6, 6.07) is 6.78. The van der Waals surface area contributed by atoms with Gasteiger partial charge in [-0.05, 0) is 44.5 Å². The molecule has 5 heteroatoms. The minimum atomic E-state index is -0.281. The monoisotopic (exact) mass is 318 g/mol. The smallest absolute Gasteiger partial charge is 0.226 e. The number of ether oxygens (including phenoxy) is 1. The van der Waals surface area contributed by atoms with Gasteiger partial charge in [0.05, 0.1) is 12.3 Å². The van der Waals surface area contributed by atoms with Crippen LogP contribution in [0.15, 0.2) is 28.7 Å². The predicted molar refractivity (Wildman–Crippen MR) is 86.6 cm³/mol. The van der Waals surface area contributed by atoms with Crippen LogP contribution in [0.3, 0.4) is 0 Å². The van der Waals surface area contributed by atoms with Gasteiger partial charge in [0.1, 0.15) is 11.6 Å². The van der Waals surface area contributed by atoms with Gasteiger partial charge in [0, 0.05) is 25.3 Å². The Morgan fingerprint density at radius 3 is 3.04 bits per heavy atom. The fraction of sp³-hybridized carbons (Fsp3) is 0.500. The third-order valence-electron chi connectivity index (χ3n) is 4.43. The molecule has 0 spiro atoms. The Balaban J connectivity index is 1.78. The Morgan fingerprint density at radius 1 is 1.39 bits per heavy atom. The second kappa shape index (κ2) is 7.23. The molecule has 1 aromatic carbocycles. The van der Waals surface area contributed by atoms with Crippen LogP contribution in [0.1, 0.15) is 30.7 Å². The van der Waals surface area contributed by atoms with Crippen molar-refractivity contribution in [2.24, 2.45) is 0 Å². The number of piperidine rings is 1. The van der Waals surface area contributed by atoms with E-state index in [1.807, 2.05) is 13.0 Å². The minimum Gasteiger partial charge on any atom is -0.441 e. The molecule has 0 radical (unpaired) electrons. The lowest BCUT2D eigenvalue weighted by Gasteiger charge is -2.34. The van der Waals surface area contributed by atoms with Crippen molar-refractivity contribution < 1.29 is 13.5 Å². The highest BCUT2D eigenvalue weighted by atomic mass is 19.1. The fourth-order valence-corrected chi connectivity index (χ4v) is 3.16. The zero-order valence-corrected chi connectivity index (χ0v) is 13.7. The molecule has 0 N–H and O–H groups in total. The second-order valence-corrected chi connectivity index (χ2v) is 6.11. The van der Waals surface area contributed by atoms with Crippen molar-refractivity contribution in [2.45, 2.75) is 38.8 Å². The molecule has 4 nitrogen and oxygen atoms in total. The normalized spacial score (nSPS) is 19.2. The Hall–Kier alpha value is -1.72. The number of halogens is 1. The van der Waals surface area contributed by atoms with Gasteiger partial charge in [0.15, 0.2) is 0 Å². The third kappa shape index (κ3) is 3.79. The van der Waals surface area contributed by atoms with E-state index in [2.05, 4.69) is 9.88 Å². The summed E-state index contributed by atoms with van der Waals surface area (Å²) < 4.78 is 24.5. The average molecular weight is 318 g/mol. The van der Waals surface area contributed by atoms with Crippen LogP contribution in [-0.4, -0.2) is 36.2 Å². The molecule has 1 aromatic heterocycles. The molecule has 1 aliphatic rings. The van der Waals surface area contributed by atoms with Gasteiger partial charge in [-0.15, -0.1) is 0 Å². The van der Waals surface area contributed by atoms with E-state index in [9.17, 15) is 4.39 Å². The Kier molecular flexibility index (Phi) is 5.08. The number of hydrogen-bond donors (Lipinski definition) is 0. The van der Waals surface area contributed by atoms with E-state index < -0.39 is 0 Å². The molecule has 2 aromatic rings. The van der Waals surface area contributed by atoms with E-state index in [4.69, 9.17) is 9.15 Å². The summed E-state index contributed by atoms with van der Waals surface area (Å²) in [7, 11) is 1.75. The van der Waals surface area contributed by atoms with Gasteiger partial charge in [-0.3, -0.25) is 4.90 Å². The standard InChI is InChI=1S/C18H23FN2O2/c1-13-17(11-21-9-4-3-8-16(21)12-22-2)20-18(23-13)14-6-5-7-15(19)10-14/h5-7,10,16H,3-4,8-9,11-12H2,1-2H3/t16-/m1/s1. The lowest BCUT2D eigenvalue weighted by atomic mass is 10.0. The van der Waals surface area contributed by atoms with Crippen LogP contribution in [0, 0.1) is 12.7 Å². The van der Waals surface area contributed by atoms with Crippen molar-refractivity contribution in [1.29, 1.82) is 0 Å². The molecule has 1 saturated heterocycles. The molecular formula is C18H23FN2O2. The van der Waals surface area contributed by atoms with Crippen LogP contribution in [0.5, 0.6) is 0 Å². The summed E-state index contributed by atoms with van der Waals surface area (Å²) in [4.78, 5) is 7.00. The molecule has 0 bridgehead atoms. The van der Waals surface area contributed by atoms with E-state index in [1.165, 1.54) is 25.0 Å². The zero-order chi connectivity index (χ0) is 16.2. The fourth-order valence-electron chi connectivity index (χ4n) is 3.16. The summed E-state index contributed by atoms with van der Waals surface area (Å²) in [6.45, 7) is 4.46. The van der Waals surface area contributed by atoms with Gasteiger partial charge in [0.25, 0.3) is 0 Å². The number of methoxy groups -OCH3 is 1. The van der Waals surface area contributed by atoms with Crippen molar-refractivity contribution >= 4 is 0 Å². The summed E-state index contributed by atoms with van der Waals surface area (Å²) in [5.41, 5.74) is 1.60. The number of oxazole rings is 1. The number of rotatable bonds is 5. The number of hydrogen-bond acceptors (Lipinski definition) is 4. The number of aryl methyl sites for hydroxylation is 1. The summed E-state index contributed by atoms with van der Waals surface area (Å²) in [5, 5.41) is 0. The van der Waals surface area contributed by atoms with Crippen LogP contribution in [0.25, 0.3) is 11.5 Å². The first-order chi connectivity index (χ1) is 11.2. The van der Waals surface area contributed by atoms with E-state index in [0.29, 0.717) is 17.5 Å². The first-order valence-electron chi connectivity index (χ1n) is 8.12. The molecule has 1 aliphatic heterocycles. The largest absolute Gasteiger partial charge is 0.441 e. The van der Waals surface area contributed by atoms with Gasteiger partial charge in [-0.25, -0.2) is 9.37 Å². The van der Waals surface area contributed by atoms with E-state index in [1.54, 1.807) is 13.2 Å². The SMILES string of the molecule is COC[C@H]1CCCCN1Cc1nc(-c2cccc(F)c2)oc1C. The minimum absolute atomic E-state index is 0.281. The summed E-state index contributed by atoms with van der Waals surface area (Å²) in [6.07, 6.45) is 3.60. The first-order valence-corrected chi connectivity index (χ1v) is 8.12. The summed E-state index contributed by atoms with van der Waals surface area (Å²) >= 11 is 0. The zero-order valence-electron chi connectivity index (χ0n) is 13.7. The van der Waals surface area contributed by atoms with Crippen molar-refractivity contribution in [3.8, 4) is 11.5 Å². The number of benzene rings is 1. The van der Waals surface area contributed by atoms with Gasteiger partial charge in [0.2, 0.25) is 5.89 Å². The Bertz CT molecular complexity index is 654. The van der Waals surface area contributed by atoms with Crippen LogP contribution in [0.2, 0.25) is 0 Å². The van der Waals surface area contributed by atoms with Crippen molar-refractivity contribution in [1.82, 2.24) is 9.88 Å². The van der Waals surface area contributed by atoms with Crippen LogP contribution < -0.4 is 0 Å². The molecule has 124 valence electrons. The molecule has 0 saturated carbocycles. The third-order valence-corrected chi connectivity index (χ3v) is 4.43. The Labute approximate surface area is 136 Å². The molecule has 0 amide bonds. The molecule has 1 atom stereocenters. The lowest BCUT2D eigenvalue weighted by Crippen LogP contribution is -2.41. The maximum atomic E-state index is 13.4. The van der Waals surface area contributed by atoms with Gasteiger partial charge in [-0.2, -0.15) is 0 Å². The second-order valence-electron chi connectivity index (χ2n) is 6.11. The maximum Gasteiger partial charge on any atom is 0.226 e. The van der Waals surface area contributed by atoms with E-state index in [0.717, 1.165) is 37.6 Å². The van der Waals surface area contributed by atoms with Crippen molar-refractivity contribution in [3.63, 3.8) is 0 Å². The Morgan fingerprint density at radius 2 is 2.26 bits per heavy atom. The molecular weight excluding hydrogens is 295 g/mol. The van der Waals surface area contributed by atoms with Gasteiger partial charge in [-0.1, -0.05) is 12.5 Å².